The van der Waals surface area contributed by atoms with Crippen molar-refractivity contribution in [3.8, 4) is 11.8 Å². The van der Waals surface area contributed by atoms with E-state index >= 15 is 0 Å². The van der Waals surface area contributed by atoms with E-state index in [0.717, 1.165) is 30.0 Å². The van der Waals surface area contributed by atoms with Gasteiger partial charge in [0.25, 0.3) is 0 Å². The number of hydrogen-bond acceptors (Lipinski definition) is 4. The highest BCUT2D eigenvalue weighted by Crippen LogP contribution is 2.21. The number of hydrogen-bond donors (Lipinski definition) is 0. The lowest BCUT2D eigenvalue weighted by Gasteiger charge is -2.37. The molecule has 28 heavy (non-hydrogen) atoms. The highest BCUT2D eigenvalue weighted by atomic mass is 16.5. The smallest absolute Gasteiger partial charge is 0.222 e. The van der Waals surface area contributed by atoms with E-state index < -0.39 is 0 Å². The highest BCUT2D eigenvalue weighted by Gasteiger charge is 2.26. The maximum atomic E-state index is 12.5. The first-order valence-electron chi connectivity index (χ1n) is 9.83. The van der Waals surface area contributed by atoms with E-state index in [2.05, 4.69) is 11.0 Å². The first-order valence-corrected chi connectivity index (χ1v) is 9.83. The van der Waals surface area contributed by atoms with Gasteiger partial charge in [-0.2, -0.15) is 5.26 Å². The zero-order chi connectivity index (χ0) is 19.8. The van der Waals surface area contributed by atoms with Crippen molar-refractivity contribution >= 4 is 5.91 Å². The van der Waals surface area contributed by atoms with E-state index in [9.17, 15) is 10.1 Å². The van der Waals surface area contributed by atoms with Crippen LogP contribution in [0.15, 0.2) is 54.6 Å². The van der Waals surface area contributed by atoms with Crippen molar-refractivity contribution in [2.45, 2.75) is 25.8 Å². The fourth-order valence-corrected chi connectivity index (χ4v) is 3.51. The Hall–Kier alpha value is -2.84. The molecule has 0 aliphatic carbocycles. The van der Waals surface area contributed by atoms with Gasteiger partial charge in [0.2, 0.25) is 5.91 Å². The number of piperazine rings is 1. The number of nitriles is 1. The number of rotatable bonds is 7. The third kappa shape index (κ3) is 5.34. The van der Waals surface area contributed by atoms with Crippen molar-refractivity contribution in [1.82, 2.24) is 9.80 Å². The van der Waals surface area contributed by atoms with Gasteiger partial charge >= 0.3 is 0 Å². The standard InChI is InChI=1S/C23H27N3O2/c1-19-7-5-10-21(17-19)28-16-6-11-23(27)26-14-12-25(13-15-26)22(18-24)20-8-3-2-4-9-20/h2-5,7-10,17,22H,6,11-16H2,1H3. The van der Waals surface area contributed by atoms with Crippen molar-refractivity contribution in [2.75, 3.05) is 32.8 Å². The molecule has 0 spiro atoms. The van der Waals surface area contributed by atoms with E-state index in [4.69, 9.17) is 4.74 Å². The lowest BCUT2D eigenvalue weighted by atomic mass is 10.1. The maximum absolute atomic E-state index is 12.5. The average molecular weight is 377 g/mol. The van der Waals surface area contributed by atoms with Crippen LogP contribution in [0.3, 0.4) is 0 Å². The lowest BCUT2D eigenvalue weighted by Crippen LogP contribution is -2.49. The predicted molar refractivity (Wildman–Crippen MR) is 109 cm³/mol. The van der Waals surface area contributed by atoms with Crippen LogP contribution in [0.25, 0.3) is 0 Å². The zero-order valence-electron chi connectivity index (χ0n) is 16.4. The first kappa shape index (κ1) is 19.9. The summed E-state index contributed by atoms with van der Waals surface area (Å²) in [5.74, 6) is 1.02. The van der Waals surface area contributed by atoms with Gasteiger partial charge in [0.15, 0.2) is 0 Å². The minimum absolute atomic E-state index is 0.167. The molecule has 0 radical (unpaired) electrons. The summed E-state index contributed by atoms with van der Waals surface area (Å²) in [6.45, 7) is 5.35. The molecule has 5 nitrogen and oxygen atoms in total. The molecule has 3 rings (SSSR count). The monoisotopic (exact) mass is 377 g/mol. The van der Waals surface area contributed by atoms with E-state index in [0.29, 0.717) is 32.5 Å². The van der Waals surface area contributed by atoms with Gasteiger partial charge in [0, 0.05) is 32.6 Å². The molecule has 0 saturated carbocycles. The SMILES string of the molecule is Cc1cccc(OCCCC(=O)N2CCN(C(C#N)c3ccccc3)CC2)c1. The molecule has 1 unspecified atom stereocenters. The van der Waals surface area contributed by atoms with Crippen molar-refractivity contribution in [2.24, 2.45) is 0 Å². The molecule has 5 heteroatoms. The number of amides is 1. The summed E-state index contributed by atoms with van der Waals surface area (Å²) < 4.78 is 5.72. The van der Waals surface area contributed by atoms with Gasteiger partial charge in [0.05, 0.1) is 12.7 Å². The summed E-state index contributed by atoms with van der Waals surface area (Å²) in [6.07, 6.45) is 1.20. The van der Waals surface area contributed by atoms with Crippen LogP contribution < -0.4 is 4.74 Å². The number of aryl methyl sites for hydroxylation is 1. The van der Waals surface area contributed by atoms with Crippen molar-refractivity contribution in [3.05, 3.63) is 65.7 Å². The summed E-state index contributed by atoms with van der Waals surface area (Å²) in [5, 5.41) is 9.58. The Balaban J connectivity index is 1.40. The largest absolute Gasteiger partial charge is 0.494 e. The van der Waals surface area contributed by atoms with Crippen molar-refractivity contribution in [3.63, 3.8) is 0 Å². The van der Waals surface area contributed by atoms with Crippen LogP contribution in [0, 0.1) is 18.3 Å². The van der Waals surface area contributed by atoms with Gasteiger partial charge in [-0.1, -0.05) is 42.5 Å². The molecular formula is C23H27N3O2. The molecule has 0 N–H and O–H groups in total. The minimum Gasteiger partial charge on any atom is -0.494 e. The number of benzene rings is 2. The van der Waals surface area contributed by atoms with Gasteiger partial charge in [0.1, 0.15) is 11.8 Å². The van der Waals surface area contributed by atoms with Gasteiger partial charge in [-0.15, -0.1) is 0 Å². The van der Waals surface area contributed by atoms with E-state index in [1.54, 1.807) is 0 Å². The molecule has 1 saturated heterocycles. The van der Waals surface area contributed by atoms with Gasteiger partial charge < -0.3 is 9.64 Å². The summed E-state index contributed by atoms with van der Waals surface area (Å²) in [4.78, 5) is 16.5. The molecule has 1 heterocycles. The predicted octanol–water partition coefficient (Wildman–Crippen LogP) is 3.56. The molecule has 1 aliphatic heterocycles. The molecule has 0 bridgehead atoms. The number of ether oxygens (including phenoxy) is 1. The topological polar surface area (TPSA) is 56.6 Å². The maximum Gasteiger partial charge on any atom is 0.222 e. The molecule has 2 aromatic carbocycles. The molecule has 1 amide bonds. The Bertz CT molecular complexity index is 808. The summed E-state index contributed by atoms with van der Waals surface area (Å²) in [6, 6.07) is 19.9. The van der Waals surface area contributed by atoms with Crippen LogP contribution >= 0.6 is 0 Å². The van der Waals surface area contributed by atoms with Gasteiger partial charge in [-0.05, 0) is 36.6 Å². The van der Waals surface area contributed by atoms with Crippen molar-refractivity contribution < 1.29 is 9.53 Å². The Morgan fingerprint density at radius 1 is 1.11 bits per heavy atom. The summed E-state index contributed by atoms with van der Waals surface area (Å²) in [7, 11) is 0. The zero-order valence-corrected chi connectivity index (χ0v) is 16.4. The minimum atomic E-state index is -0.249. The quantitative estimate of drug-likeness (QED) is 0.692. The lowest BCUT2D eigenvalue weighted by molar-refractivity contribution is -0.133. The molecule has 1 aliphatic rings. The Labute approximate surface area is 167 Å². The molecule has 1 fully saturated rings. The van der Waals surface area contributed by atoms with Crippen LogP contribution in [-0.4, -0.2) is 48.5 Å². The Morgan fingerprint density at radius 3 is 2.54 bits per heavy atom. The molecule has 0 aromatic heterocycles. The molecule has 2 aromatic rings. The average Bonchev–Trinajstić information content (AvgIpc) is 2.73. The second-order valence-electron chi connectivity index (χ2n) is 7.13. The second-order valence-corrected chi connectivity index (χ2v) is 7.13. The fourth-order valence-electron chi connectivity index (χ4n) is 3.51. The van der Waals surface area contributed by atoms with E-state index in [1.807, 2.05) is 66.4 Å². The summed E-state index contributed by atoms with van der Waals surface area (Å²) >= 11 is 0. The van der Waals surface area contributed by atoms with Gasteiger partial charge in [-0.25, -0.2) is 0 Å². The van der Waals surface area contributed by atoms with Crippen molar-refractivity contribution in [1.29, 1.82) is 5.26 Å². The Morgan fingerprint density at radius 2 is 1.86 bits per heavy atom. The first-order chi connectivity index (χ1) is 13.7. The third-order valence-corrected chi connectivity index (χ3v) is 5.06. The summed E-state index contributed by atoms with van der Waals surface area (Å²) in [5.41, 5.74) is 2.18. The normalized spacial score (nSPS) is 15.6. The van der Waals surface area contributed by atoms with Crippen LogP contribution in [0.5, 0.6) is 5.75 Å². The van der Waals surface area contributed by atoms with E-state index in [1.165, 1.54) is 0 Å². The third-order valence-electron chi connectivity index (χ3n) is 5.06. The molecule has 146 valence electrons. The van der Waals surface area contributed by atoms with Crippen LogP contribution in [0.1, 0.15) is 30.0 Å². The fraction of sp³-hybridized carbons (Fsp3) is 0.391. The number of carbonyl (C=O) groups excluding carboxylic acids is 1. The number of nitrogens with zero attached hydrogens (tertiary/aromatic N) is 3. The molecular weight excluding hydrogens is 350 g/mol. The molecule has 1 atom stereocenters. The highest BCUT2D eigenvalue weighted by molar-refractivity contribution is 5.76. The van der Waals surface area contributed by atoms with E-state index in [-0.39, 0.29) is 11.9 Å². The van der Waals surface area contributed by atoms with Crippen LogP contribution in [0.2, 0.25) is 0 Å². The van der Waals surface area contributed by atoms with Gasteiger partial charge in [-0.3, -0.25) is 9.69 Å². The second kappa shape index (κ2) is 9.91. The van der Waals surface area contributed by atoms with Crippen LogP contribution in [-0.2, 0) is 4.79 Å². The number of carbonyl (C=O) groups is 1. The van der Waals surface area contributed by atoms with Crippen LogP contribution in [0.4, 0.5) is 0 Å². The Kier molecular flexibility index (Phi) is 7.05.